The molecule has 2 aromatic carbocycles. The number of rotatable bonds is 20. The summed E-state index contributed by atoms with van der Waals surface area (Å²) < 4.78 is 31.0. The molecule has 19 nitrogen and oxygen atoms in total. The van der Waals surface area contributed by atoms with Crippen LogP contribution in [0.3, 0.4) is 0 Å². The number of nitrogens with one attached hydrogen (secondary N) is 2. The van der Waals surface area contributed by atoms with Gasteiger partial charge in [0.05, 0.1) is 19.3 Å². The first-order chi connectivity index (χ1) is 25.2. The lowest BCUT2D eigenvalue weighted by Crippen LogP contribution is -2.44. The highest BCUT2D eigenvalue weighted by molar-refractivity contribution is 7.47. The molecule has 0 bridgehead atoms. The molecule has 1 heterocycles. The summed E-state index contributed by atoms with van der Waals surface area (Å²) in [6.07, 6.45) is -0.402. The summed E-state index contributed by atoms with van der Waals surface area (Å²) in [4.78, 5) is 117. The Labute approximate surface area is 310 Å². The number of carbonyl (C=O) groups is 6. The van der Waals surface area contributed by atoms with Crippen LogP contribution in [0.25, 0.3) is 0 Å². The molecule has 3 rings (SSSR count). The third kappa shape index (κ3) is 15.8. The molecule has 296 valence electrons. The van der Waals surface area contributed by atoms with Gasteiger partial charge in [0, 0.05) is 44.4 Å². The maximum atomic E-state index is 13.6. The molecular formula is C33H44N4O15P2. The van der Waals surface area contributed by atoms with Gasteiger partial charge < -0.3 is 29.4 Å². The second-order valence-electron chi connectivity index (χ2n) is 12.9. The molecule has 0 saturated carbocycles. The van der Waals surface area contributed by atoms with Gasteiger partial charge in [0.25, 0.3) is 11.8 Å². The summed E-state index contributed by atoms with van der Waals surface area (Å²) in [5.74, 6) is -4.76. The number of hydroxylamine groups is 2. The topological polar surface area (TPSA) is 276 Å². The third-order valence-electron chi connectivity index (χ3n) is 7.85. The summed E-state index contributed by atoms with van der Waals surface area (Å²) in [7, 11) is -9.46. The predicted molar refractivity (Wildman–Crippen MR) is 188 cm³/mol. The molecule has 0 aromatic heterocycles. The van der Waals surface area contributed by atoms with Gasteiger partial charge in [0.1, 0.15) is 11.5 Å². The van der Waals surface area contributed by atoms with Crippen molar-refractivity contribution >= 4 is 51.2 Å². The van der Waals surface area contributed by atoms with Gasteiger partial charge in [0.2, 0.25) is 17.7 Å². The molecule has 2 aromatic rings. The Hall–Kier alpha value is -4.64. The summed E-state index contributed by atoms with van der Waals surface area (Å²) in [6, 6.07) is 10.8. The second-order valence-corrected chi connectivity index (χ2v) is 15.2. The Bertz CT molecular complexity index is 1750. The van der Waals surface area contributed by atoms with Crippen LogP contribution in [0.5, 0.6) is 11.5 Å². The molecule has 0 spiro atoms. The molecule has 5 amide bonds. The number of phosphoric ester groups is 2. The third-order valence-corrected chi connectivity index (χ3v) is 8.75. The Balaban J connectivity index is 1.58. The predicted octanol–water partition coefficient (Wildman–Crippen LogP) is 1.52. The van der Waals surface area contributed by atoms with Crippen molar-refractivity contribution in [1.29, 1.82) is 0 Å². The van der Waals surface area contributed by atoms with E-state index in [1.807, 2.05) is 0 Å². The van der Waals surface area contributed by atoms with E-state index < -0.39 is 57.7 Å². The molecule has 3 atom stereocenters. The number of benzene rings is 2. The highest BCUT2D eigenvalue weighted by Gasteiger charge is 2.34. The molecule has 1 saturated heterocycles. The van der Waals surface area contributed by atoms with E-state index in [-0.39, 0.29) is 74.5 Å². The molecule has 1 aliphatic heterocycles. The van der Waals surface area contributed by atoms with Crippen LogP contribution in [0.15, 0.2) is 48.5 Å². The minimum absolute atomic E-state index is 0.0464. The van der Waals surface area contributed by atoms with Gasteiger partial charge in [-0.2, -0.15) is 0 Å². The lowest BCUT2D eigenvalue weighted by Gasteiger charge is -2.30. The fourth-order valence-electron chi connectivity index (χ4n) is 5.26. The van der Waals surface area contributed by atoms with E-state index in [1.165, 1.54) is 60.4 Å². The maximum absolute atomic E-state index is 13.6. The monoisotopic (exact) mass is 798 g/mol. The first-order valence-corrected chi connectivity index (χ1v) is 19.8. The highest BCUT2D eigenvalue weighted by atomic mass is 31.2. The number of hydrogen-bond acceptors (Lipinski definition) is 11. The van der Waals surface area contributed by atoms with Gasteiger partial charge in [-0.1, -0.05) is 38.1 Å². The standard InChI is InChI=1S/C33H44N4O15P2/c1-21(19-34-28(38)17-24-4-8-26(9-5-24)51-53(44,45)46)20-36(33(43)22(2)16-32(42)50-37-30(40)12-13-31(37)41)15-14-23(3)35-29(39)18-25-6-10-27(11-7-25)52-54(47,48)49/h4-11,21-23H,12-20H2,1-3H3,(H,34,38)(H,35,39)(H2,44,45,46)(H2,47,48,49)/t21?,22-,23?/m0/s1. The van der Waals surface area contributed by atoms with Crippen molar-refractivity contribution in [2.24, 2.45) is 11.8 Å². The zero-order valence-corrected chi connectivity index (χ0v) is 31.6. The quantitative estimate of drug-likeness (QED) is 0.0819. The van der Waals surface area contributed by atoms with Gasteiger partial charge in [-0.05, 0) is 54.7 Å². The first kappa shape index (κ1) is 43.8. The maximum Gasteiger partial charge on any atom is 0.524 e. The van der Waals surface area contributed by atoms with Crippen LogP contribution in [0, 0.1) is 11.8 Å². The van der Waals surface area contributed by atoms with E-state index in [1.54, 1.807) is 13.8 Å². The van der Waals surface area contributed by atoms with Crippen LogP contribution in [0.1, 0.15) is 57.6 Å². The van der Waals surface area contributed by atoms with Gasteiger partial charge in [-0.3, -0.25) is 43.5 Å². The first-order valence-electron chi connectivity index (χ1n) is 16.8. The number of phosphoric acid groups is 2. The van der Waals surface area contributed by atoms with E-state index in [2.05, 4.69) is 19.7 Å². The normalized spacial score (nSPS) is 14.8. The number of imide groups is 1. The van der Waals surface area contributed by atoms with Crippen molar-refractivity contribution in [2.45, 2.75) is 65.3 Å². The number of amides is 5. The fourth-order valence-corrected chi connectivity index (χ4v) is 6.05. The van der Waals surface area contributed by atoms with Crippen molar-refractivity contribution in [3.05, 3.63) is 59.7 Å². The van der Waals surface area contributed by atoms with Crippen molar-refractivity contribution < 1.29 is 71.4 Å². The van der Waals surface area contributed by atoms with E-state index in [0.717, 1.165) is 0 Å². The van der Waals surface area contributed by atoms with Gasteiger partial charge in [-0.25, -0.2) is 13.9 Å². The lowest BCUT2D eigenvalue weighted by atomic mass is 10.0. The second kappa shape index (κ2) is 19.6. The van der Waals surface area contributed by atoms with Crippen molar-refractivity contribution in [1.82, 2.24) is 20.6 Å². The Morgan fingerprint density at radius 2 is 1.28 bits per heavy atom. The largest absolute Gasteiger partial charge is 0.524 e. The van der Waals surface area contributed by atoms with Crippen molar-refractivity contribution in [3.8, 4) is 11.5 Å². The summed E-state index contributed by atoms with van der Waals surface area (Å²) >= 11 is 0. The molecule has 1 aliphatic rings. The minimum Gasteiger partial charge on any atom is -0.404 e. The van der Waals surface area contributed by atoms with Crippen LogP contribution in [0.4, 0.5) is 0 Å². The number of hydrogen-bond donors (Lipinski definition) is 6. The number of carbonyl (C=O) groups excluding carboxylic acids is 6. The van der Waals surface area contributed by atoms with Gasteiger partial charge in [0.15, 0.2) is 0 Å². The van der Waals surface area contributed by atoms with E-state index >= 15 is 0 Å². The molecule has 0 radical (unpaired) electrons. The molecule has 2 unspecified atom stereocenters. The van der Waals surface area contributed by atoms with Crippen LogP contribution >= 0.6 is 15.6 Å². The van der Waals surface area contributed by atoms with Gasteiger partial charge >= 0.3 is 21.6 Å². The van der Waals surface area contributed by atoms with Crippen LogP contribution in [0.2, 0.25) is 0 Å². The molecular weight excluding hydrogens is 754 g/mol. The van der Waals surface area contributed by atoms with E-state index in [4.69, 9.17) is 24.4 Å². The average Bonchev–Trinajstić information content (AvgIpc) is 3.37. The number of nitrogens with zero attached hydrogens (tertiary/aromatic N) is 2. The van der Waals surface area contributed by atoms with Gasteiger partial charge in [-0.15, -0.1) is 5.06 Å². The molecule has 54 heavy (non-hydrogen) atoms. The average molecular weight is 799 g/mol. The zero-order valence-electron chi connectivity index (χ0n) is 29.8. The van der Waals surface area contributed by atoms with Crippen LogP contribution < -0.4 is 19.7 Å². The van der Waals surface area contributed by atoms with E-state index in [0.29, 0.717) is 22.6 Å². The summed E-state index contributed by atoms with van der Waals surface area (Å²) in [5.41, 5.74) is 1.10. The molecule has 1 fully saturated rings. The summed E-state index contributed by atoms with van der Waals surface area (Å²) in [5, 5.41) is 6.03. The molecule has 6 N–H and O–H groups in total. The van der Waals surface area contributed by atoms with Crippen LogP contribution in [-0.4, -0.2) is 90.7 Å². The van der Waals surface area contributed by atoms with Crippen molar-refractivity contribution in [2.75, 3.05) is 19.6 Å². The highest BCUT2D eigenvalue weighted by Crippen LogP contribution is 2.38. The zero-order chi connectivity index (χ0) is 40.2. The Morgan fingerprint density at radius 3 is 1.76 bits per heavy atom. The lowest BCUT2D eigenvalue weighted by molar-refractivity contribution is -0.198. The minimum atomic E-state index is -4.73. The Kier molecular flexibility index (Phi) is 15.9. The molecule has 21 heteroatoms. The smallest absolute Gasteiger partial charge is 0.404 e. The Morgan fingerprint density at radius 1 is 0.796 bits per heavy atom. The van der Waals surface area contributed by atoms with Crippen molar-refractivity contribution in [3.63, 3.8) is 0 Å². The fraction of sp³-hybridized carbons (Fsp3) is 0.455. The van der Waals surface area contributed by atoms with Crippen LogP contribution in [-0.2, 0) is 55.6 Å². The molecule has 0 aliphatic carbocycles. The SMILES string of the molecule is CC(CNC(=O)Cc1ccc(OP(=O)(O)O)cc1)CN(CCC(C)NC(=O)Cc1ccc(OP(=O)(O)O)cc1)C(=O)[C@@H](C)CC(=O)ON1C(=O)CCC1=O. The summed E-state index contributed by atoms with van der Waals surface area (Å²) in [6.45, 7) is 5.45. The van der Waals surface area contributed by atoms with E-state index in [9.17, 15) is 37.9 Å².